The third kappa shape index (κ3) is 4.02. The summed E-state index contributed by atoms with van der Waals surface area (Å²) in [5.41, 5.74) is 0.379. The minimum atomic E-state index is -1.04. The number of hydrogen-bond donors (Lipinski definition) is 3. The van der Waals surface area contributed by atoms with E-state index in [9.17, 15) is 19.4 Å². The summed E-state index contributed by atoms with van der Waals surface area (Å²) in [5.74, 6) is -0.766. The van der Waals surface area contributed by atoms with Gasteiger partial charge in [0, 0.05) is 0 Å². The summed E-state index contributed by atoms with van der Waals surface area (Å²) in [7, 11) is 0. The van der Waals surface area contributed by atoms with Crippen molar-refractivity contribution in [3.05, 3.63) is 35.6 Å². The summed E-state index contributed by atoms with van der Waals surface area (Å²) in [6, 6.07) is 5.34. The predicted molar refractivity (Wildman–Crippen MR) is 72.4 cm³/mol. The number of carbonyl (C=O) groups excluding carboxylic acids is 1. The highest BCUT2D eigenvalue weighted by molar-refractivity contribution is 5.77. The van der Waals surface area contributed by atoms with E-state index in [1.54, 1.807) is 6.07 Å². The van der Waals surface area contributed by atoms with Gasteiger partial charge in [0.2, 0.25) is 5.91 Å². The Labute approximate surface area is 117 Å². The Morgan fingerprint density at radius 2 is 2.15 bits per heavy atom. The van der Waals surface area contributed by atoms with Crippen LogP contribution in [0.5, 0.6) is 0 Å². The van der Waals surface area contributed by atoms with E-state index in [1.807, 2.05) is 0 Å². The van der Waals surface area contributed by atoms with Crippen molar-refractivity contribution in [2.75, 3.05) is 0 Å². The molecule has 1 fully saturated rings. The molecule has 110 valence electrons. The maximum Gasteiger partial charge on any atom is 0.223 e. The average Bonchev–Trinajstić information content (AvgIpc) is 2.41. The zero-order chi connectivity index (χ0) is 14.5. The fraction of sp³-hybridized carbons (Fsp3) is 0.533. The first kappa shape index (κ1) is 14.9. The molecule has 1 aliphatic rings. The lowest BCUT2D eigenvalue weighted by atomic mass is 9.92. The van der Waals surface area contributed by atoms with Gasteiger partial charge in [0.15, 0.2) is 0 Å². The maximum absolute atomic E-state index is 13.0. The smallest absolute Gasteiger partial charge is 0.223 e. The van der Waals surface area contributed by atoms with E-state index in [2.05, 4.69) is 5.32 Å². The van der Waals surface area contributed by atoms with Gasteiger partial charge in [-0.25, -0.2) is 4.39 Å². The Morgan fingerprint density at radius 1 is 1.40 bits per heavy atom. The number of benzene rings is 1. The van der Waals surface area contributed by atoms with Crippen molar-refractivity contribution in [3.8, 4) is 0 Å². The van der Waals surface area contributed by atoms with Gasteiger partial charge in [-0.3, -0.25) is 4.79 Å². The number of aliphatic hydroxyl groups excluding tert-OH is 2. The molecule has 0 aliphatic heterocycles. The Kier molecular flexibility index (Phi) is 5.09. The molecule has 20 heavy (non-hydrogen) atoms. The van der Waals surface area contributed by atoms with Crippen LogP contribution in [0.25, 0.3) is 0 Å². The molecule has 1 aliphatic carbocycles. The lowest BCUT2D eigenvalue weighted by Crippen LogP contribution is -2.45. The van der Waals surface area contributed by atoms with E-state index in [-0.39, 0.29) is 18.4 Å². The summed E-state index contributed by atoms with van der Waals surface area (Å²) in [6.45, 7) is 0. The highest BCUT2D eigenvalue weighted by Gasteiger charge is 2.25. The first-order valence-electron chi connectivity index (χ1n) is 6.97. The van der Waals surface area contributed by atoms with Gasteiger partial charge in [-0.15, -0.1) is 0 Å². The van der Waals surface area contributed by atoms with Crippen LogP contribution in [0.4, 0.5) is 4.39 Å². The quantitative estimate of drug-likeness (QED) is 0.786. The van der Waals surface area contributed by atoms with Crippen molar-refractivity contribution in [1.82, 2.24) is 5.32 Å². The first-order valence-corrected chi connectivity index (χ1v) is 6.97. The van der Waals surface area contributed by atoms with Crippen molar-refractivity contribution in [2.45, 2.75) is 50.4 Å². The van der Waals surface area contributed by atoms with Gasteiger partial charge >= 0.3 is 0 Å². The molecule has 3 atom stereocenters. The Bertz CT molecular complexity index is 466. The number of halogens is 1. The minimum Gasteiger partial charge on any atom is -0.391 e. The third-order valence-electron chi connectivity index (χ3n) is 3.69. The van der Waals surface area contributed by atoms with Crippen molar-refractivity contribution < 1.29 is 19.4 Å². The molecule has 4 nitrogen and oxygen atoms in total. The number of amides is 1. The number of rotatable bonds is 4. The molecule has 1 amide bonds. The average molecular weight is 281 g/mol. The molecule has 0 saturated heterocycles. The number of carbonyl (C=O) groups is 1. The van der Waals surface area contributed by atoms with Crippen LogP contribution in [0.3, 0.4) is 0 Å². The fourth-order valence-corrected chi connectivity index (χ4v) is 2.55. The standard InChI is InChI=1S/C15H20FNO3/c16-11-5-3-4-10(8-11)14(19)9-15(20)17-12-6-1-2-7-13(12)18/h3-5,8,12-14,18-19H,1-2,6-7,9H2,(H,17,20). The Morgan fingerprint density at radius 3 is 2.85 bits per heavy atom. The van der Waals surface area contributed by atoms with E-state index in [1.165, 1.54) is 18.2 Å². The van der Waals surface area contributed by atoms with Crippen LogP contribution in [0, 0.1) is 5.82 Å². The summed E-state index contributed by atoms with van der Waals surface area (Å²) in [6.07, 6.45) is 1.71. The molecule has 0 spiro atoms. The summed E-state index contributed by atoms with van der Waals surface area (Å²) in [5, 5.41) is 22.4. The first-order chi connectivity index (χ1) is 9.56. The van der Waals surface area contributed by atoms with Crippen LogP contribution in [0.2, 0.25) is 0 Å². The van der Waals surface area contributed by atoms with Gasteiger partial charge in [0.1, 0.15) is 5.82 Å². The molecule has 0 bridgehead atoms. The normalized spacial score (nSPS) is 24.1. The lowest BCUT2D eigenvalue weighted by Gasteiger charge is -2.28. The van der Waals surface area contributed by atoms with Crippen molar-refractivity contribution in [3.63, 3.8) is 0 Å². The zero-order valence-corrected chi connectivity index (χ0v) is 11.3. The maximum atomic E-state index is 13.0. The van der Waals surface area contributed by atoms with Gasteiger partial charge < -0.3 is 15.5 Å². The lowest BCUT2D eigenvalue weighted by molar-refractivity contribution is -0.125. The van der Waals surface area contributed by atoms with Crippen molar-refractivity contribution >= 4 is 5.91 Å². The second-order valence-corrected chi connectivity index (χ2v) is 5.30. The van der Waals surface area contributed by atoms with E-state index < -0.39 is 18.0 Å². The van der Waals surface area contributed by atoms with Crippen LogP contribution < -0.4 is 5.32 Å². The number of nitrogens with one attached hydrogen (secondary N) is 1. The summed E-state index contributed by atoms with van der Waals surface area (Å²) >= 11 is 0. The fourth-order valence-electron chi connectivity index (χ4n) is 2.55. The zero-order valence-electron chi connectivity index (χ0n) is 11.3. The van der Waals surface area contributed by atoms with Crippen LogP contribution in [0.1, 0.15) is 43.8 Å². The van der Waals surface area contributed by atoms with E-state index >= 15 is 0 Å². The van der Waals surface area contributed by atoms with E-state index in [0.29, 0.717) is 12.0 Å². The molecular formula is C15H20FNO3. The molecule has 0 aromatic heterocycles. The van der Waals surface area contributed by atoms with Crippen LogP contribution >= 0.6 is 0 Å². The second-order valence-electron chi connectivity index (χ2n) is 5.30. The van der Waals surface area contributed by atoms with E-state index in [4.69, 9.17) is 0 Å². The van der Waals surface area contributed by atoms with Crippen LogP contribution in [-0.2, 0) is 4.79 Å². The largest absolute Gasteiger partial charge is 0.391 e. The monoisotopic (exact) mass is 281 g/mol. The molecule has 1 aromatic carbocycles. The molecular weight excluding hydrogens is 261 g/mol. The van der Waals surface area contributed by atoms with Crippen molar-refractivity contribution in [2.24, 2.45) is 0 Å². The highest BCUT2D eigenvalue weighted by atomic mass is 19.1. The molecule has 3 N–H and O–H groups in total. The number of hydrogen-bond acceptors (Lipinski definition) is 3. The predicted octanol–water partition coefficient (Wildman–Crippen LogP) is 1.67. The topological polar surface area (TPSA) is 69.6 Å². The van der Waals surface area contributed by atoms with Gasteiger partial charge in [0.05, 0.1) is 24.7 Å². The highest BCUT2D eigenvalue weighted by Crippen LogP contribution is 2.20. The van der Waals surface area contributed by atoms with Crippen LogP contribution in [-0.4, -0.2) is 28.3 Å². The third-order valence-corrected chi connectivity index (χ3v) is 3.69. The molecule has 0 radical (unpaired) electrons. The Balaban J connectivity index is 1.87. The minimum absolute atomic E-state index is 0.132. The van der Waals surface area contributed by atoms with E-state index in [0.717, 1.165) is 19.3 Å². The molecule has 1 saturated carbocycles. The van der Waals surface area contributed by atoms with Crippen molar-refractivity contribution in [1.29, 1.82) is 0 Å². The number of aliphatic hydroxyl groups is 2. The SMILES string of the molecule is O=C(CC(O)c1cccc(F)c1)NC1CCCCC1O. The molecule has 3 unspecified atom stereocenters. The molecule has 0 heterocycles. The summed E-state index contributed by atoms with van der Waals surface area (Å²) < 4.78 is 13.0. The second kappa shape index (κ2) is 6.81. The van der Waals surface area contributed by atoms with Crippen LogP contribution in [0.15, 0.2) is 24.3 Å². The van der Waals surface area contributed by atoms with Gasteiger partial charge in [-0.05, 0) is 30.5 Å². The molecule has 5 heteroatoms. The summed E-state index contributed by atoms with van der Waals surface area (Å²) in [4.78, 5) is 11.8. The Hall–Kier alpha value is -1.46. The van der Waals surface area contributed by atoms with Gasteiger partial charge in [-0.2, -0.15) is 0 Å². The molecule has 1 aromatic rings. The van der Waals surface area contributed by atoms with Gasteiger partial charge in [0.25, 0.3) is 0 Å². The van der Waals surface area contributed by atoms with Gasteiger partial charge in [-0.1, -0.05) is 25.0 Å². The molecule has 2 rings (SSSR count).